The van der Waals surface area contributed by atoms with E-state index in [0.29, 0.717) is 11.3 Å². The molecule has 6 nitrogen and oxygen atoms in total. The molecule has 0 heterocycles. The van der Waals surface area contributed by atoms with E-state index in [-0.39, 0.29) is 16.1 Å². The highest BCUT2D eigenvalue weighted by molar-refractivity contribution is 7.92. The molecule has 0 saturated carbocycles. The minimum absolute atomic E-state index is 0.0374. The number of aryl methyl sites for hydroxylation is 2. The summed E-state index contributed by atoms with van der Waals surface area (Å²) in [5, 5.41) is 9.35. The van der Waals surface area contributed by atoms with Gasteiger partial charge < -0.3 is 10.0 Å². The van der Waals surface area contributed by atoms with Crippen molar-refractivity contribution in [3.05, 3.63) is 53.1 Å². The van der Waals surface area contributed by atoms with Gasteiger partial charge in [-0.15, -0.1) is 0 Å². The van der Waals surface area contributed by atoms with Crippen molar-refractivity contribution in [2.45, 2.75) is 45.4 Å². The van der Waals surface area contributed by atoms with Crippen molar-refractivity contribution in [3.63, 3.8) is 0 Å². The van der Waals surface area contributed by atoms with E-state index in [9.17, 15) is 18.3 Å². The van der Waals surface area contributed by atoms with E-state index in [0.717, 1.165) is 31.5 Å². The molecule has 0 atom stereocenters. The maximum atomic E-state index is 13.1. The maximum Gasteiger partial charge on any atom is 0.335 e. The number of sulfonamides is 1. The Hall–Kier alpha value is -2.54. The van der Waals surface area contributed by atoms with Crippen molar-refractivity contribution in [2.24, 2.45) is 0 Å². The summed E-state index contributed by atoms with van der Waals surface area (Å²) in [6.45, 7) is 9.17. The maximum absolute atomic E-state index is 13.1. The van der Waals surface area contributed by atoms with Crippen LogP contribution in [0.1, 0.15) is 48.2 Å². The lowest BCUT2D eigenvalue weighted by atomic mass is 10.1. The highest BCUT2D eigenvalue weighted by atomic mass is 32.2. The van der Waals surface area contributed by atoms with Gasteiger partial charge in [0.1, 0.15) is 0 Å². The molecule has 0 aliphatic rings. The summed E-state index contributed by atoms with van der Waals surface area (Å²) in [6.07, 6.45) is 1.79. The van der Waals surface area contributed by atoms with E-state index < -0.39 is 16.0 Å². The van der Waals surface area contributed by atoms with Crippen LogP contribution < -0.4 is 9.62 Å². The molecular formula is C21H28N2O4S. The van der Waals surface area contributed by atoms with Crippen LogP contribution in [0.25, 0.3) is 0 Å². The van der Waals surface area contributed by atoms with Gasteiger partial charge in [-0.1, -0.05) is 26.0 Å². The standard InChI is InChI=1S/C21H28N2O4S/c1-5-11-23(12-6-2)19-10-9-17(21(24)25)14-18(19)22-28(26,27)20-13-15(3)7-8-16(20)4/h7-10,13-14,22H,5-6,11-12H2,1-4H3,(H,24,25). The smallest absolute Gasteiger partial charge is 0.335 e. The van der Waals surface area contributed by atoms with E-state index in [2.05, 4.69) is 9.62 Å². The summed E-state index contributed by atoms with van der Waals surface area (Å²) in [5.41, 5.74) is 2.47. The normalized spacial score (nSPS) is 11.3. The van der Waals surface area contributed by atoms with Crippen molar-refractivity contribution in [1.82, 2.24) is 0 Å². The third kappa shape index (κ3) is 5.04. The van der Waals surface area contributed by atoms with Gasteiger partial charge in [0, 0.05) is 13.1 Å². The zero-order valence-corrected chi connectivity index (χ0v) is 17.6. The van der Waals surface area contributed by atoms with Crippen molar-refractivity contribution < 1.29 is 18.3 Å². The lowest BCUT2D eigenvalue weighted by Crippen LogP contribution is -2.27. The average molecular weight is 405 g/mol. The van der Waals surface area contributed by atoms with Crippen LogP contribution in [-0.4, -0.2) is 32.6 Å². The number of benzene rings is 2. The van der Waals surface area contributed by atoms with Gasteiger partial charge >= 0.3 is 5.97 Å². The fourth-order valence-corrected chi connectivity index (χ4v) is 4.51. The Morgan fingerprint density at radius 1 is 1.04 bits per heavy atom. The summed E-state index contributed by atoms with van der Waals surface area (Å²) in [5.74, 6) is -1.10. The second-order valence-corrected chi connectivity index (χ2v) is 8.55. The van der Waals surface area contributed by atoms with E-state index in [1.807, 2.05) is 26.8 Å². The van der Waals surface area contributed by atoms with Gasteiger partial charge in [0.25, 0.3) is 10.0 Å². The fraction of sp³-hybridized carbons (Fsp3) is 0.381. The molecule has 7 heteroatoms. The van der Waals surface area contributed by atoms with Gasteiger partial charge in [-0.3, -0.25) is 4.72 Å². The van der Waals surface area contributed by atoms with Crippen LogP contribution in [0.2, 0.25) is 0 Å². The van der Waals surface area contributed by atoms with Crippen LogP contribution in [-0.2, 0) is 10.0 Å². The van der Waals surface area contributed by atoms with Crippen LogP contribution >= 0.6 is 0 Å². The lowest BCUT2D eigenvalue weighted by Gasteiger charge is -2.27. The summed E-state index contributed by atoms with van der Waals surface area (Å²) >= 11 is 0. The van der Waals surface area contributed by atoms with E-state index in [1.165, 1.54) is 12.1 Å². The zero-order chi connectivity index (χ0) is 20.9. The monoisotopic (exact) mass is 404 g/mol. The first-order chi connectivity index (χ1) is 13.2. The lowest BCUT2D eigenvalue weighted by molar-refractivity contribution is 0.0697. The van der Waals surface area contributed by atoms with Crippen LogP contribution in [0, 0.1) is 13.8 Å². The van der Waals surface area contributed by atoms with Crippen LogP contribution in [0.4, 0.5) is 11.4 Å². The molecular weight excluding hydrogens is 376 g/mol. The number of nitrogens with one attached hydrogen (secondary N) is 1. The Balaban J connectivity index is 2.56. The molecule has 2 aromatic carbocycles. The summed E-state index contributed by atoms with van der Waals surface area (Å²) in [7, 11) is -3.86. The molecule has 0 aliphatic carbocycles. The largest absolute Gasteiger partial charge is 0.478 e. The minimum atomic E-state index is -3.86. The van der Waals surface area contributed by atoms with E-state index in [1.54, 1.807) is 25.1 Å². The molecule has 0 bridgehead atoms. The summed E-state index contributed by atoms with van der Waals surface area (Å²) in [6, 6.07) is 9.81. The minimum Gasteiger partial charge on any atom is -0.478 e. The van der Waals surface area contributed by atoms with Crippen LogP contribution in [0.5, 0.6) is 0 Å². The summed E-state index contributed by atoms with van der Waals surface area (Å²) < 4.78 is 28.8. The van der Waals surface area contributed by atoms with Crippen molar-refractivity contribution >= 4 is 27.4 Å². The third-order valence-electron chi connectivity index (χ3n) is 4.45. The number of hydrogen-bond acceptors (Lipinski definition) is 4. The second kappa shape index (κ2) is 9.10. The topological polar surface area (TPSA) is 86.7 Å². The van der Waals surface area contributed by atoms with Gasteiger partial charge in [0.05, 0.1) is 21.8 Å². The van der Waals surface area contributed by atoms with Crippen molar-refractivity contribution in [3.8, 4) is 0 Å². The number of hydrogen-bond donors (Lipinski definition) is 2. The first-order valence-corrected chi connectivity index (χ1v) is 10.9. The SMILES string of the molecule is CCCN(CCC)c1ccc(C(=O)O)cc1NS(=O)(=O)c1cc(C)ccc1C. The van der Waals surface area contributed by atoms with Crippen LogP contribution in [0.15, 0.2) is 41.3 Å². The Labute approximate surface area is 167 Å². The number of carboxylic acid groups (broad SMARTS) is 1. The fourth-order valence-electron chi connectivity index (χ4n) is 3.12. The number of aromatic carboxylic acids is 1. The molecule has 0 aromatic heterocycles. The summed E-state index contributed by atoms with van der Waals surface area (Å²) in [4.78, 5) is 13.7. The number of anilines is 2. The zero-order valence-electron chi connectivity index (χ0n) is 16.8. The van der Waals surface area contributed by atoms with Gasteiger partial charge in [0.15, 0.2) is 0 Å². The van der Waals surface area contributed by atoms with E-state index in [4.69, 9.17) is 0 Å². The van der Waals surface area contributed by atoms with Gasteiger partial charge in [-0.25, -0.2) is 13.2 Å². The molecule has 0 radical (unpaired) electrons. The molecule has 28 heavy (non-hydrogen) atoms. The van der Waals surface area contributed by atoms with Crippen molar-refractivity contribution in [1.29, 1.82) is 0 Å². The second-order valence-electron chi connectivity index (χ2n) is 6.90. The number of rotatable bonds is 9. The first kappa shape index (κ1) is 21.8. The first-order valence-electron chi connectivity index (χ1n) is 9.42. The molecule has 2 aromatic rings. The van der Waals surface area contributed by atoms with Gasteiger partial charge in [-0.05, 0) is 62.1 Å². The Morgan fingerprint density at radius 2 is 1.68 bits per heavy atom. The number of nitrogens with zero attached hydrogens (tertiary/aromatic N) is 1. The Bertz CT molecular complexity index is 949. The molecule has 0 aliphatic heterocycles. The molecule has 0 amide bonds. The highest BCUT2D eigenvalue weighted by Crippen LogP contribution is 2.31. The van der Waals surface area contributed by atoms with Crippen LogP contribution in [0.3, 0.4) is 0 Å². The molecule has 152 valence electrons. The third-order valence-corrected chi connectivity index (χ3v) is 5.96. The number of carboxylic acids is 1. The van der Waals surface area contributed by atoms with Crippen molar-refractivity contribution in [2.75, 3.05) is 22.7 Å². The highest BCUT2D eigenvalue weighted by Gasteiger charge is 2.21. The molecule has 2 rings (SSSR count). The Kier molecular flexibility index (Phi) is 7.07. The molecule has 0 spiro atoms. The molecule has 0 saturated heterocycles. The average Bonchev–Trinajstić information content (AvgIpc) is 2.63. The Morgan fingerprint density at radius 3 is 2.25 bits per heavy atom. The van der Waals surface area contributed by atoms with E-state index >= 15 is 0 Å². The predicted molar refractivity (Wildman–Crippen MR) is 113 cm³/mol. The van der Waals surface area contributed by atoms with Gasteiger partial charge in [-0.2, -0.15) is 0 Å². The molecule has 2 N–H and O–H groups in total. The van der Waals surface area contributed by atoms with Gasteiger partial charge in [0.2, 0.25) is 0 Å². The quantitative estimate of drug-likeness (QED) is 0.646. The predicted octanol–water partition coefficient (Wildman–Crippen LogP) is 4.43. The molecule has 0 unspecified atom stereocenters. The number of carbonyl (C=O) groups is 1. The molecule has 0 fully saturated rings.